The van der Waals surface area contributed by atoms with Gasteiger partial charge in [-0.3, -0.25) is 0 Å². The van der Waals surface area contributed by atoms with Gasteiger partial charge in [0, 0.05) is 19.1 Å². The van der Waals surface area contributed by atoms with E-state index in [0.717, 1.165) is 24.4 Å². The van der Waals surface area contributed by atoms with E-state index in [2.05, 4.69) is 24.1 Å². The van der Waals surface area contributed by atoms with E-state index in [1.54, 1.807) is 0 Å². The van der Waals surface area contributed by atoms with Crippen LogP contribution in [0.25, 0.3) is 0 Å². The van der Waals surface area contributed by atoms with Gasteiger partial charge in [-0.15, -0.1) is 0 Å². The van der Waals surface area contributed by atoms with Gasteiger partial charge in [0.1, 0.15) is 0 Å². The zero-order valence-electron chi connectivity index (χ0n) is 11.0. The molecule has 1 aliphatic heterocycles. The smallest absolute Gasteiger partial charge is 0.0223 e. The van der Waals surface area contributed by atoms with Crippen LogP contribution in [-0.2, 0) is 0 Å². The number of nitrogens with one attached hydrogen (secondary N) is 1. The molecule has 0 aromatic carbocycles. The highest BCUT2D eigenvalue weighted by molar-refractivity contribution is 4.89. The summed E-state index contributed by atoms with van der Waals surface area (Å²) in [6, 6.07) is 0.783. The van der Waals surface area contributed by atoms with E-state index in [1.165, 1.54) is 51.7 Å². The summed E-state index contributed by atoms with van der Waals surface area (Å²) in [6.07, 6.45) is 7.16. The molecule has 0 spiro atoms. The Hall–Kier alpha value is -0.0800. The van der Waals surface area contributed by atoms with E-state index in [4.69, 9.17) is 0 Å². The molecule has 2 fully saturated rings. The molecule has 2 heteroatoms. The van der Waals surface area contributed by atoms with Gasteiger partial charge in [0.2, 0.25) is 0 Å². The highest BCUT2D eigenvalue weighted by Gasteiger charge is 2.33. The largest absolute Gasteiger partial charge is 0.313 e. The predicted octanol–water partition coefficient (Wildman–Crippen LogP) is 2.50. The van der Waals surface area contributed by atoms with Crippen molar-refractivity contribution < 1.29 is 0 Å². The van der Waals surface area contributed by atoms with Crippen molar-refractivity contribution in [1.29, 1.82) is 0 Å². The van der Waals surface area contributed by atoms with Gasteiger partial charge in [-0.05, 0) is 50.6 Å². The summed E-state index contributed by atoms with van der Waals surface area (Å²) >= 11 is 0. The second-order valence-corrected chi connectivity index (χ2v) is 5.70. The molecule has 0 aromatic heterocycles. The highest BCUT2D eigenvalue weighted by atomic mass is 15.2. The molecule has 0 bridgehead atoms. The van der Waals surface area contributed by atoms with Gasteiger partial charge in [-0.25, -0.2) is 0 Å². The summed E-state index contributed by atoms with van der Waals surface area (Å²) in [5.74, 6) is 1.98. The molecule has 2 rings (SSSR count). The molecule has 1 N–H and O–H groups in total. The highest BCUT2D eigenvalue weighted by Crippen LogP contribution is 2.33. The Morgan fingerprint density at radius 3 is 2.69 bits per heavy atom. The Morgan fingerprint density at radius 1 is 1.25 bits per heavy atom. The lowest BCUT2D eigenvalue weighted by Crippen LogP contribution is -2.41. The van der Waals surface area contributed by atoms with Crippen molar-refractivity contribution in [3.63, 3.8) is 0 Å². The molecule has 2 nitrogen and oxygen atoms in total. The van der Waals surface area contributed by atoms with Crippen LogP contribution in [-0.4, -0.2) is 37.1 Å². The Labute approximate surface area is 101 Å². The molecule has 94 valence electrons. The first kappa shape index (κ1) is 12.4. The molecule has 1 heterocycles. The minimum absolute atomic E-state index is 0.783. The van der Waals surface area contributed by atoms with Crippen molar-refractivity contribution in [2.24, 2.45) is 11.8 Å². The first-order valence-corrected chi connectivity index (χ1v) is 7.29. The summed E-state index contributed by atoms with van der Waals surface area (Å²) < 4.78 is 0. The zero-order chi connectivity index (χ0) is 11.4. The average Bonchev–Trinajstić information content (AvgIpc) is 3.02. The molecule has 2 unspecified atom stereocenters. The van der Waals surface area contributed by atoms with Gasteiger partial charge in [0.25, 0.3) is 0 Å². The summed E-state index contributed by atoms with van der Waals surface area (Å²) in [5.41, 5.74) is 0. The number of hydrogen-bond acceptors (Lipinski definition) is 2. The maximum absolute atomic E-state index is 3.68. The van der Waals surface area contributed by atoms with Crippen molar-refractivity contribution >= 4 is 0 Å². The van der Waals surface area contributed by atoms with E-state index in [-0.39, 0.29) is 0 Å². The lowest BCUT2D eigenvalue weighted by Gasteiger charge is -2.24. The number of hydrogen-bond donors (Lipinski definition) is 1. The van der Waals surface area contributed by atoms with E-state index >= 15 is 0 Å². The topological polar surface area (TPSA) is 15.3 Å². The van der Waals surface area contributed by atoms with Crippen LogP contribution in [0.3, 0.4) is 0 Å². The molecular weight excluding hydrogens is 196 g/mol. The van der Waals surface area contributed by atoms with E-state index in [9.17, 15) is 0 Å². The molecule has 1 aliphatic carbocycles. The summed E-state index contributed by atoms with van der Waals surface area (Å²) in [7, 11) is 0. The molecule has 0 aromatic rings. The molecule has 0 radical (unpaired) electrons. The van der Waals surface area contributed by atoms with Crippen molar-refractivity contribution in [2.75, 3.05) is 26.2 Å². The second kappa shape index (κ2) is 6.02. The lowest BCUT2D eigenvalue weighted by atomic mass is 10.0. The normalized spacial score (nSPS) is 28.5. The van der Waals surface area contributed by atoms with Crippen LogP contribution in [0.5, 0.6) is 0 Å². The molecule has 2 aliphatic rings. The fourth-order valence-electron chi connectivity index (χ4n) is 3.14. The fraction of sp³-hybridized carbons (Fsp3) is 1.00. The maximum atomic E-state index is 3.68. The molecule has 2 atom stereocenters. The summed E-state index contributed by atoms with van der Waals surface area (Å²) in [5, 5.41) is 3.68. The van der Waals surface area contributed by atoms with E-state index in [1.807, 2.05) is 0 Å². The first-order chi connectivity index (χ1) is 7.83. The quantitative estimate of drug-likeness (QED) is 0.715. The van der Waals surface area contributed by atoms with Crippen LogP contribution in [0.2, 0.25) is 0 Å². The SMILES string of the molecule is CCCC1CCN(CC(NCC)C2CC2)C1. The standard InChI is InChI=1S/C14H28N2/c1-3-5-12-8-9-16(10-12)11-14(15-4-2)13-6-7-13/h12-15H,3-11H2,1-2H3. The van der Waals surface area contributed by atoms with Crippen molar-refractivity contribution in [1.82, 2.24) is 10.2 Å². The van der Waals surface area contributed by atoms with Crippen LogP contribution in [0.15, 0.2) is 0 Å². The Balaban J connectivity index is 1.71. The van der Waals surface area contributed by atoms with Gasteiger partial charge in [-0.2, -0.15) is 0 Å². The van der Waals surface area contributed by atoms with Gasteiger partial charge in [0.05, 0.1) is 0 Å². The maximum Gasteiger partial charge on any atom is 0.0223 e. The second-order valence-electron chi connectivity index (χ2n) is 5.70. The summed E-state index contributed by atoms with van der Waals surface area (Å²) in [4.78, 5) is 2.70. The van der Waals surface area contributed by atoms with Crippen LogP contribution >= 0.6 is 0 Å². The minimum Gasteiger partial charge on any atom is -0.313 e. The van der Waals surface area contributed by atoms with Gasteiger partial charge >= 0.3 is 0 Å². The van der Waals surface area contributed by atoms with Crippen LogP contribution in [0.1, 0.15) is 46.0 Å². The molecule has 16 heavy (non-hydrogen) atoms. The number of rotatable bonds is 7. The molecule has 1 saturated heterocycles. The average molecular weight is 224 g/mol. The Bertz CT molecular complexity index is 201. The predicted molar refractivity (Wildman–Crippen MR) is 69.6 cm³/mol. The van der Waals surface area contributed by atoms with Gasteiger partial charge < -0.3 is 10.2 Å². The summed E-state index contributed by atoms with van der Waals surface area (Å²) in [6.45, 7) is 9.70. The third-order valence-electron chi connectivity index (χ3n) is 4.18. The third-order valence-corrected chi connectivity index (χ3v) is 4.18. The van der Waals surface area contributed by atoms with Crippen LogP contribution in [0, 0.1) is 11.8 Å². The zero-order valence-corrected chi connectivity index (χ0v) is 11.0. The van der Waals surface area contributed by atoms with E-state index < -0.39 is 0 Å². The minimum atomic E-state index is 0.783. The first-order valence-electron chi connectivity index (χ1n) is 7.29. The Kier molecular flexibility index (Phi) is 4.66. The number of nitrogens with zero attached hydrogens (tertiary/aromatic N) is 1. The number of likely N-dealkylation sites (N-methyl/N-ethyl adjacent to an activating group) is 1. The van der Waals surface area contributed by atoms with Crippen molar-refractivity contribution in [3.8, 4) is 0 Å². The van der Waals surface area contributed by atoms with Crippen molar-refractivity contribution in [2.45, 2.75) is 52.0 Å². The molecule has 0 amide bonds. The fourth-order valence-corrected chi connectivity index (χ4v) is 3.14. The van der Waals surface area contributed by atoms with Gasteiger partial charge in [-0.1, -0.05) is 20.3 Å². The lowest BCUT2D eigenvalue weighted by molar-refractivity contribution is 0.266. The van der Waals surface area contributed by atoms with Gasteiger partial charge in [0.15, 0.2) is 0 Å². The molecular formula is C14H28N2. The third kappa shape index (κ3) is 3.46. The van der Waals surface area contributed by atoms with Crippen LogP contribution in [0.4, 0.5) is 0 Å². The van der Waals surface area contributed by atoms with Crippen molar-refractivity contribution in [3.05, 3.63) is 0 Å². The monoisotopic (exact) mass is 224 g/mol. The van der Waals surface area contributed by atoms with E-state index in [0.29, 0.717) is 0 Å². The Morgan fingerprint density at radius 2 is 2.06 bits per heavy atom. The molecule has 1 saturated carbocycles. The number of likely N-dealkylation sites (tertiary alicyclic amines) is 1. The van der Waals surface area contributed by atoms with Crippen LogP contribution < -0.4 is 5.32 Å².